The van der Waals surface area contributed by atoms with Crippen molar-refractivity contribution in [3.05, 3.63) is 58.9 Å². The van der Waals surface area contributed by atoms with Gasteiger partial charge >= 0.3 is 0 Å². The van der Waals surface area contributed by atoms with Crippen LogP contribution in [0.25, 0.3) is 0 Å². The Hall–Kier alpha value is -1.03. The molecule has 0 amide bonds. The van der Waals surface area contributed by atoms with Gasteiger partial charge in [-0.2, -0.15) is 0 Å². The van der Waals surface area contributed by atoms with Gasteiger partial charge in [0.2, 0.25) is 0 Å². The summed E-state index contributed by atoms with van der Waals surface area (Å²) in [4.78, 5) is 1.83. The van der Waals surface area contributed by atoms with E-state index in [-0.39, 0.29) is 5.82 Å². The largest absolute Gasteiger partial charge is 0.313 e. The highest BCUT2D eigenvalue weighted by Crippen LogP contribution is 2.35. The van der Waals surface area contributed by atoms with Crippen LogP contribution < -0.4 is 5.32 Å². The fourth-order valence-electron chi connectivity index (χ4n) is 1.70. The minimum absolute atomic E-state index is 0.182. The van der Waals surface area contributed by atoms with E-state index in [0.29, 0.717) is 17.1 Å². The fraction of sp³-hybridized carbons (Fsp3) is 0.200. The molecule has 0 aliphatic carbocycles. The lowest BCUT2D eigenvalue weighted by atomic mass is 10.2. The van der Waals surface area contributed by atoms with Crippen molar-refractivity contribution in [1.29, 1.82) is 0 Å². The summed E-state index contributed by atoms with van der Waals surface area (Å²) in [5, 5.41) is 3.85. The monoisotopic (exact) mass is 295 g/mol. The second-order valence-corrected chi connectivity index (χ2v) is 5.52. The Morgan fingerprint density at radius 3 is 2.58 bits per heavy atom. The molecule has 0 aromatic heterocycles. The molecule has 0 spiro atoms. The maximum atomic E-state index is 13.9. The lowest BCUT2D eigenvalue weighted by Crippen LogP contribution is -2.13. The van der Waals surface area contributed by atoms with Gasteiger partial charge in [-0.25, -0.2) is 4.39 Å². The Bertz CT molecular complexity index is 560. The van der Waals surface area contributed by atoms with E-state index in [9.17, 15) is 4.39 Å². The van der Waals surface area contributed by atoms with Crippen LogP contribution in [0.3, 0.4) is 0 Å². The van der Waals surface area contributed by atoms with Crippen molar-refractivity contribution in [2.24, 2.45) is 0 Å². The molecule has 0 fully saturated rings. The second-order valence-electron chi connectivity index (χ2n) is 4.03. The molecule has 0 aliphatic rings. The van der Waals surface area contributed by atoms with Crippen LogP contribution in [0.1, 0.15) is 12.5 Å². The van der Waals surface area contributed by atoms with Crippen molar-refractivity contribution in [2.75, 3.05) is 6.54 Å². The highest BCUT2D eigenvalue weighted by Gasteiger charge is 2.10. The topological polar surface area (TPSA) is 12.0 Å². The zero-order valence-corrected chi connectivity index (χ0v) is 12.2. The van der Waals surface area contributed by atoms with Crippen molar-refractivity contribution in [3.8, 4) is 0 Å². The summed E-state index contributed by atoms with van der Waals surface area (Å²) < 4.78 is 13.9. The Kier molecular flexibility index (Phi) is 5.25. The minimum atomic E-state index is -0.182. The van der Waals surface area contributed by atoms with Gasteiger partial charge in [-0.1, -0.05) is 48.5 Å². The second kappa shape index (κ2) is 6.94. The molecule has 0 aliphatic heterocycles. The Morgan fingerprint density at radius 2 is 1.84 bits per heavy atom. The van der Waals surface area contributed by atoms with Gasteiger partial charge in [-0.05, 0) is 30.8 Å². The van der Waals surface area contributed by atoms with Gasteiger partial charge in [0, 0.05) is 21.9 Å². The predicted molar refractivity (Wildman–Crippen MR) is 79.4 cm³/mol. The summed E-state index contributed by atoms with van der Waals surface area (Å²) in [5.74, 6) is -0.182. The summed E-state index contributed by atoms with van der Waals surface area (Å²) in [6.45, 7) is 3.34. The van der Waals surface area contributed by atoms with Crippen LogP contribution in [0.15, 0.2) is 52.3 Å². The van der Waals surface area contributed by atoms with Gasteiger partial charge < -0.3 is 5.32 Å². The molecule has 0 saturated heterocycles. The molecule has 4 heteroatoms. The highest BCUT2D eigenvalue weighted by atomic mass is 35.5. The van der Waals surface area contributed by atoms with E-state index < -0.39 is 0 Å². The molecular weight excluding hydrogens is 281 g/mol. The summed E-state index contributed by atoms with van der Waals surface area (Å²) in [5.41, 5.74) is 0.689. The zero-order chi connectivity index (χ0) is 13.7. The fourth-order valence-corrected chi connectivity index (χ4v) is 2.94. The van der Waals surface area contributed by atoms with Crippen molar-refractivity contribution < 1.29 is 4.39 Å². The van der Waals surface area contributed by atoms with E-state index in [2.05, 4.69) is 5.32 Å². The highest BCUT2D eigenvalue weighted by molar-refractivity contribution is 7.99. The van der Waals surface area contributed by atoms with Crippen LogP contribution in [0, 0.1) is 5.82 Å². The van der Waals surface area contributed by atoms with Crippen LogP contribution in [0.2, 0.25) is 5.02 Å². The molecular formula is C15H15ClFNS. The number of halogens is 2. The summed E-state index contributed by atoms with van der Waals surface area (Å²) in [6.07, 6.45) is 0. The molecule has 1 N–H and O–H groups in total. The first-order chi connectivity index (χ1) is 9.22. The number of hydrogen-bond donors (Lipinski definition) is 1. The number of benzene rings is 2. The Labute approximate surface area is 122 Å². The smallest absolute Gasteiger partial charge is 0.128 e. The van der Waals surface area contributed by atoms with Crippen LogP contribution in [0.4, 0.5) is 4.39 Å². The maximum Gasteiger partial charge on any atom is 0.128 e. The Balaban J connectivity index is 2.29. The first-order valence-electron chi connectivity index (χ1n) is 6.13. The molecule has 100 valence electrons. The summed E-state index contributed by atoms with van der Waals surface area (Å²) in [6, 6.07) is 12.7. The third-order valence-electron chi connectivity index (χ3n) is 2.68. The van der Waals surface area contributed by atoms with E-state index in [0.717, 1.165) is 16.3 Å². The summed E-state index contributed by atoms with van der Waals surface area (Å²) >= 11 is 7.63. The van der Waals surface area contributed by atoms with Gasteiger partial charge in [0.1, 0.15) is 5.82 Å². The van der Waals surface area contributed by atoms with Crippen LogP contribution >= 0.6 is 23.4 Å². The molecule has 2 aromatic rings. The quantitative estimate of drug-likeness (QED) is 0.855. The molecule has 2 aromatic carbocycles. The molecule has 19 heavy (non-hydrogen) atoms. The Morgan fingerprint density at radius 1 is 1.11 bits per heavy atom. The maximum absolute atomic E-state index is 13.9. The van der Waals surface area contributed by atoms with Crippen LogP contribution in [-0.4, -0.2) is 6.54 Å². The lowest BCUT2D eigenvalue weighted by Gasteiger charge is -2.11. The third-order valence-corrected chi connectivity index (χ3v) is 4.30. The zero-order valence-electron chi connectivity index (χ0n) is 10.6. The molecule has 0 unspecified atom stereocenters. The standard InChI is InChI=1S/C15H15ClFNS/c1-2-18-10-11-13(17)7-5-9-14(11)19-15-8-4-3-6-12(15)16/h3-9,18H,2,10H2,1H3. The molecule has 0 bridgehead atoms. The van der Waals surface area contributed by atoms with E-state index >= 15 is 0 Å². The third kappa shape index (κ3) is 3.72. The summed E-state index contributed by atoms with van der Waals surface area (Å²) in [7, 11) is 0. The van der Waals surface area contributed by atoms with Gasteiger partial charge in [0.15, 0.2) is 0 Å². The average molecular weight is 296 g/mol. The minimum Gasteiger partial charge on any atom is -0.313 e. The van der Waals surface area contributed by atoms with Gasteiger partial charge in [-0.15, -0.1) is 0 Å². The molecule has 0 heterocycles. The van der Waals surface area contributed by atoms with Crippen LogP contribution in [0.5, 0.6) is 0 Å². The first kappa shape index (κ1) is 14.4. The number of hydrogen-bond acceptors (Lipinski definition) is 2. The lowest BCUT2D eigenvalue weighted by molar-refractivity contribution is 0.586. The molecule has 2 rings (SSSR count). The molecule has 1 nitrogen and oxygen atoms in total. The average Bonchev–Trinajstić information content (AvgIpc) is 2.41. The van der Waals surface area contributed by atoms with Crippen LogP contribution in [-0.2, 0) is 6.54 Å². The van der Waals surface area contributed by atoms with E-state index in [1.807, 2.05) is 37.3 Å². The van der Waals surface area contributed by atoms with Crippen molar-refractivity contribution in [2.45, 2.75) is 23.3 Å². The first-order valence-corrected chi connectivity index (χ1v) is 7.32. The number of nitrogens with one attached hydrogen (secondary N) is 1. The SMILES string of the molecule is CCNCc1c(F)cccc1Sc1ccccc1Cl. The normalized spacial score (nSPS) is 10.7. The predicted octanol–water partition coefficient (Wildman–Crippen LogP) is 4.74. The number of rotatable bonds is 5. The van der Waals surface area contributed by atoms with Gasteiger partial charge in [0.25, 0.3) is 0 Å². The van der Waals surface area contributed by atoms with Crippen molar-refractivity contribution in [3.63, 3.8) is 0 Å². The van der Waals surface area contributed by atoms with Crippen molar-refractivity contribution >= 4 is 23.4 Å². The van der Waals surface area contributed by atoms with Crippen molar-refractivity contribution in [1.82, 2.24) is 5.32 Å². The van der Waals surface area contributed by atoms with E-state index in [4.69, 9.17) is 11.6 Å². The molecule has 0 saturated carbocycles. The van der Waals surface area contributed by atoms with Gasteiger partial charge in [-0.3, -0.25) is 0 Å². The van der Waals surface area contributed by atoms with E-state index in [1.54, 1.807) is 6.07 Å². The van der Waals surface area contributed by atoms with Gasteiger partial charge in [0.05, 0.1) is 5.02 Å². The van der Waals surface area contributed by atoms with E-state index in [1.165, 1.54) is 17.8 Å². The molecule has 0 radical (unpaired) electrons. The molecule has 0 atom stereocenters.